The van der Waals surface area contributed by atoms with Crippen molar-refractivity contribution < 1.29 is 13.2 Å². The number of hydrogen-bond donors (Lipinski definition) is 1. The van der Waals surface area contributed by atoms with Crippen LogP contribution in [-0.4, -0.2) is 36.8 Å². The monoisotopic (exact) mass is 298 g/mol. The Balaban J connectivity index is 2.95. The third kappa shape index (κ3) is 4.23. The molecule has 6 heteroatoms. The van der Waals surface area contributed by atoms with E-state index in [1.807, 2.05) is 26.0 Å². The number of carbonyl (C=O) groups excluding carboxylic acids is 1. The van der Waals surface area contributed by atoms with Crippen LogP contribution in [0.4, 0.5) is 5.69 Å². The van der Waals surface area contributed by atoms with Crippen molar-refractivity contribution in [2.45, 2.75) is 38.6 Å². The molecule has 1 aromatic rings. The van der Waals surface area contributed by atoms with Gasteiger partial charge < -0.3 is 10.6 Å². The molecule has 0 aliphatic heterocycles. The third-order valence-electron chi connectivity index (χ3n) is 3.23. The van der Waals surface area contributed by atoms with Crippen molar-refractivity contribution in [2.24, 2.45) is 0 Å². The number of amides is 1. The average molecular weight is 298 g/mol. The van der Waals surface area contributed by atoms with E-state index in [1.54, 1.807) is 17.0 Å². The summed E-state index contributed by atoms with van der Waals surface area (Å²) in [6, 6.07) is 7.12. The molecule has 0 radical (unpaired) electrons. The van der Waals surface area contributed by atoms with Gasteiger partial charge in [-0.25, -0.2) is 8.42 Å². The predicted octanol–water partition coefficient (Wildman–Crippen LogP) is 1.44. The quantitative estimate of drug-likeness (QED) is 0.834. The van der Waals surface area contributed by atoms with Crippen molar-refractivity contribution in [3.8, 4) is 0 Å². The highest BCUT2D eigenvalue weighted by Gasteiger charge is 2.29. The van der Waals surface area contributed by atoms with E-state index in [0.29, 0.717) is 12.2 Å². The van der Waals surface area contributed by atoms with Gasteiger partial charge in [-0.05, 0) is 38.5 Å². The van der Waals surface area contributed by atoms with Crippen LogP contribution in [-0.2, 0) is 21.2 Å². The molecule has 0 bridgehead atoms. The lowest BCUT2D eigenvalue weighted by Crippen LogP contribution is -2.44. The lowest BCUT2D eigenvalue weighted by molar-refractivity contribution is -0.132. The molecular formula is C14H22N2O3S. The van der Waals surface area contributed by atoms with Gasteiger partial charge in [0.1, 0.15) is 5.25 Å². The molecular weight excluding hydrogens is 276 g/mol. The molecule has 20 heavy (non-hydrogen) atoms. The zero-order chi connectivity index (χ0) is 15.5. The highest BCUT2D eigenvalue weighted by Crippen LogP contribution is 2.14. The highest BCUT2D eigenvalue weighted by molar-refractivity contribution is 7.92. The van der Waals surface area contributed by atoms with E-state index in [1.165, 1.54) is 6.92 Å². The Morgan fingerprint density at radius 1 is 1.20 bits per heavy atom. The number of anilines is 1. The Bertz CT molecular complexity index is 565. The van der Waals surface area contributed by atoms with Crippen molar-refractivity contribution in [3.05, 3.63) is 29.8 Å². The fourth-order valence-electron chi connectivity index (χ4n) is 1.75. The summed E-state index contributed by atoms with van der Waals surface area (Å²) in [6.07, 6.45) is 1.08. The molecule has 2 N–H and O–H groups in total. The normalized spacial score (nSPS) is 13.2. The minimum atomic E-state index is -3.39. The van der Waals surface area contributed by atoms with Gasteiger partial charge in [-0.15, -0.1) is 0 Å². The predicted molar refractivity (Wildman–Crippen MR) is 80.8 cm³/mol. The number of hydrogen-bond acceptors (Lipinski definition) is 4. The van der Waals surface area contributed by atoms with Crippen LogP contribution in [0.2, 0.25) is 0 Å². The first-order chi connectivity index (χ1) is 9.12. The van der Waals surface area contributed by atoms with Crippen LogP contribution >= 0.6 is 0 Å². The fourth-order valence-corrected chi connectivity index (χ4v) is 2.25. The molecule has 0 fully saturated rings. The maximum atomic E-state index is 12.3. The molecule has 0 spiro atoms. The first kappa shape index (κ1) is 16.5. The Labute approximate surface area is 120 Å². The van der Waals surface area contributed by atoms with Crippen LogP contribution in [0.1, 0.15) is 26.3 Å². The van der Waals surface area contributed by atoms with Gasteiger partial charge in [0.05, 0.1) is 0 Å². The second-order valence-electron chi connectivity index (χ2n) is 5.27. The summed E-state index contributed by atoms with van der Waals surface area (Å²) in [5.74, 6) is -0.376. The molecule has 112 valence electrons. The van der Waals surface area contributed by atoms with Crippen molar-refractivity contribution in [2.75, 3.05) is 12.0 Å². The van der Waals surface area contributed by atoms with Crippen LogP contribution in [0.25, 0.3) is 0 Å². The fraction of sp³-hybridized carbons (Fsp3) is 0.500. The van der Waals surface area contributed by atoms with Crippen LogP contribution in [0.3, 0.4) is 0 Å². The Kier molecular flexibility index (Phi) is 5.16. The first-order valence-electron chi connectivity index (χ1n) is 6.46. The molecule has 0 aromatic heterocycles. The number of rotatable bonds is 5. The van der Waals surface area contributed by atoms with Gasteiger partial charge in [-0.1, -0.05) is 12.1 Å². The summed E-state index contributed by atoms with van der Waals surface area (Å²) in [7, 11) is -3.39. The molecule has 1 aromatic carbocycles. The number of nitrogens with zero attached hydrogens (tertiary/aromatic N) is 1. The van der Waals surface area contributed by atoms with E-state index in [9.17, 15) is 13.2 Å². The van der Waals surface area contributed by atoms with Crippen LogP contribution in [0.5, 0.6) is 0 Å². The number of nitrogens with two attached hydrogens (primary N) is 1. The second-order valence-corrected chi connectivity index (χ2v) is 7.64. The second kappa shape index (κ2) is 6.26. The van der Waals surface area contributed by atoms with E-state index in [0.717, 1.165) is 11.8 Å². The van der Waals surface area contributed by atoms with Crippen molar-refractivity contribution in [1.29, 1.82) is 0 Å². The van der Waals surface area contributed by atoms with Crippen molar-refractivity contribution in [3.63, 3.8) is 0 Å². The third-order valence-corrected chi connectivity index (χ3v) is 4.72. The first-order valence-corrected chi connectivity index (χ1v) is 8.42. The van der Waals surface area contributed by atoms with Gasteiger partial charge >= 0.3 is 0 Å². The molecule has 1 rings (SSSR count). The van der Waals surface area contributed by atoms with E-state index in [2.05, 4.69) is 0 Å². The Hall–Kier alpha value is -1.56. The lowest BCUT2D eigenvalue weighted by Gasteiger charge is -2.29. The Morgan fingerprint density at radius 3 is 2.10 bits per heavy atom. The van der Waals surface area contributed by atoms with Crippen molar-refractivity contribution >= 4 is 21.4 Å². The summed E-state index contributed by atoms with van der Waals surface area (Å²) in [6.45, 7) is 5.53. The van der Waals surface area contributed by atoms with Crippen molar-refractivity contribution in [1.82, 2.24) is 4.90 Å². The summed E-state index contributed by atoms with van der Waals surface area (Å²) in [5.41, 5.74) is 7.19. The zero-order valence-electron chi connectivity index (χ0n) is 12.3. The molecule has 5 nitrogen and oxygen atoms in total. The molecule has 0 heterocycles. The number of nitrogen functional groups attached to an aromatic ring is 1. The van der Waals surface area contributed by atoms with E-state index in [4.69, 9.17) is 5.73 Å². The average Bonchev–Trinajstić information content (AvgIpc) is 2.35. The molecule has 1 atom stereocenters. The topological polar surface area (TPSA) is 80.5 Å². The maximum Gasteiger partial charge on any atom is 0.241 e. The van der Waals surface area contributed by atoms with Gasteiger partial charge in [0.25, 0.3) is 0 Å². The smallest absolute Gasteiger partial charge is 0.241 e. The van der Waals surface area contributed by atoms with Gasteiger partial charge in [-0.2, -0.15) is 0 Å². The van der Waals surface area contributed by atoms with Gasteiger partial charge in [-0.3, -0.25) is 4.79 Å². The van der Waals surface area contributed by atoms with Crippen LogP contribution in [0.15, 0.2) is 24.3 Å². The summed E-state index contributed by atoms with van der Waals surface area (Å²) >= 11 is 0. The number of sulfone groups is 1. The minimum Gasteiger partial charge on any atom is -0.399 e. The molecule has 0 saturated carbocycles. The molecule has 1 amide bonds. The molecule has 0 aliphatic carbocycles. The Morgan fingerprint density at radius 2 is 1.70 bits per heavy atom. The number of carbonyl (C=O) groups is 1. The lowest BCUT2D eigenvalue weighted by atomic mass is 10.1. The van der Waals surface area contributed by atoms with Gasteiger partial charge in [0, 0.05) is 24.5 Å². The molecule has 0 saturated heterocycles. The molecule has 0 aliphatic rings. The standard InChI is InChI=1S/C14H22N2O3S/c1-10(2)16(14(17)11(3)20(4,18)19)9-12-5-7-13(15)8-6-12/h5-8,10-11H,9,15H2,1-4H3. The maximum absolute atomic E-state index is 12.3. The summed E-state index contributed by atoms with van der Waals surface area (Å²) in [5, 5.41) is -1.03. The molecule has 1 unspecified atom stereocenters. The largest absolute Gasteiger partial charge is 0.399 e. The minimum absolute atomic E-state index is 0.0794. The van der Waals surface area contributed by atoms with E-state index >= 15 is 0 Å². The zero-order valence-corrected chi connectivity index (χ0v) is 13.1. The summed E-state index contributed by atoms with van der Waals surface area (Å²) in [4.78, 5) is 13.9. The van der Waals surface area contributed by atoms with Crippen LogP contribution in [0, 0.1) is 0 Å². The summed E-state index contributed by atoms with van der Waals surface area (Å²) < 4.78 is 23.1. The van der Waals surface area contributed by atoms with Gasteiger partial charge in [0.2, 0.25) is 5.91 Å². The van der Waals surface area contributed by atoms with E-state index in [-0.39, 0.29) is 11.9 Å². The SMILES string of the molecule is CC(C)N(Cc1ccc(N)cc1)C(=O)C(C)S(C)(=O)=O. The van der Waals surface area contributed by atoms with E-state index < -0.39 is 15.1 Å². The highest BCUT2D eigenvalue weighted by atomic mass is 32.2. The van der Waals surface area contributed by atoms with Crippen LogP contribution < -0.4 is 5.73 Å². The number of benzene rings is 1. The van der Waals surface area contributed by atoms with Gasteiger partial charge in [0.15, 0.2) is 9.84 Å².